The van der Waals surface area contributed by atoms with Crippen molar-refractivity contribution in [3.05, 3.63) is 63.6 Å². The SMILES string of the molecule is CCCN(C(=O)c1ccc(Cl)cc1Cl)c1cccc(C)c1. The summed E-state index contributed by atoms with van der Waals surface area (Å²) in [5.41, 5.74) is 2.47. The van der Waals surface area contributed by atoms with E-state index in [4.69, 9.17) is 23.2 Å². The van der Waals surface area contributed by atoms with Crippen LogP contribution in [0.1, 0.15) is 29.3 Å². The van der Waals surface area contributed by atoms with Gasteiger partial charge in [0.1, 0.15) is 0 Å². The van der Waals surface area contributed by atoms with Gasteiger partial charge in [0.15, 0.2) is 0 Å². The number of carbonyl (C=O) groups is 1. The molecule has 0 fully saturated rings. The number of amides is 1. The third kappa shape index (κ3) is 3.78. The van der Waals surface area contributed by atoms with Crippen LogP contribution in [0.25, 0.3) is 0 Å². The van der Waals surface area contributed by atoms with E-state index in [0.29, 0.717) is 22.2 Å². The molecule has 0 atom stereocenters. The van der Waals surface area contributed by atoms with E-state index in [9.17, 15) is 4.79 Å². The van der Waals surface area contributed by atoms with Crippen LogP contribution in [0.15, 0.2) is 42.5 Å². The normalized spacial score (nSPS) is 10.5. The molecular weight excluding hydrogens is 305 g/mol. The van der Waals surface area contributed by atoms with E-state index in [2.05, 4.69) is 0 Å². The van der Waals surface area contributed by atoms with E-state index in [1.165, 1.54) is 0 Å². The van der Waals surface area contributed by atoms with Crippen LogP contribution in [0.4, 0.5) is 5.69 Å². The first-order valence-corrected chi connectivity index (χ1v) is 7.62. The van der Waals surface area contributed by atoms with Crippen molar-refractivity contribution in [3.63, 3.8) is 0 Å². The van der Waals surface area contributed by atoms with Crippen LogP contribution in [0.2, 0.25) is 10.0 Å². The van der Waals surface area contributed by atoms with Crippen LogP contribution in [0, 0.1) is 6.92 Å². The maximum Gasteiger partial charge on any atom is 0.259 e. The van der Waals surface area contributed by atoms with Crippen molar-refractivity contribution in [1.82, 2.24) is 0 Å². The molecule has 2 nitrogen and oxygen atoms in total. The Morgan fingerprint density at radius 2 is 1.90 bits per heavy atom. The van der Waals surface area contributed by atoms with Crippen molar-refractivity contribution in [1.29, 1.82) is 0 Å². The molecule has 1 amide bonds. The molecule has 0 heterocycles. The quantitative estimate of drug-likeness (QED) is 0.742. The molecule has 0 saturated heterocycles. The maximum atomic E-state index is 12.8. The molecule has 21 heavy (non-hydrogen) atoms. The van der Waals surface area contributed by atoms with Crippen molar-refractivity contribution in [3.8, 4) is 0 Å². The van der Waals surface area contributed by atoms with Gasteiger partial charge in [-0.1, -0.05) is 42.3 Å². The molecule has 110 valence electrons. The molecule has 0 N–H and O–H groups in total. The highest BCUT2D eigenvalue weighted by molar-refractivity contribution is 6.37. The van der Waals surface area contributed by atoms with Crippen molar-refractivity contribution in [2.45, 2.75) is 20.3 Å². The predicted octanol–water partition coefficient (Wildman–Crippen LogP) is 5.36. The molecule has 2 rings (SSSR count). The van der Waals surface area contributed by atoms with Gasteiger partial charge < -0.3 is 4.90 Å². The summed E-state index contributed by atoms with van der Waals surface area (Å²) in [4.78, 5) is 14.5. The summed E-state index contributed by atoms with van der Waals surface area (Å²) in [5, 5.41) is 0.899. The van der Waals surface area contributed by atoms with E-state index < -0.39 is 0 Å². The molecule has 2 aromatic carbocycles. The van der Waals surface area contributed by atoms with Gasteiger partial charge >= 0.3 is 0 Å². The molecule has 0 aliphatic heterocycles. The van der Waals surface area contributed by atoms with E-state index in [1.54, 1.807) is 23.1 Å². The predicted molar refractivity (Wildman–Crippen MR) is 89.6 cm³/mol. The van der Waals surface area contributed by atoms with E-state index in [1.807, 2.05) is 38.1 Å². The number of hydrogen-bond acceptors (Lipinski definition) is 1. The van der Waals surface area contributed by atoms with E-state index in [-0.39, 0.29) is 5.91 Å². The van der Waals surface area contributed by atoms with Gasteiger partial charge in [0.2, 0.25) is 0 Å². The minimum Gasteiger partial charge on any atom is -0.308 e. The lowest BCUT2D eigenvalue weighted by molar-refractivity contribution is 0.0987. The van der Waals surface area contributed by atoms with Crippen molar-refractivity contribution in [2.75, 3.05) is 11.4 Å². The molecule has 0 aliphatic carbocycles. The van der Waals surface area contributed by atoms with Gasteiger partial charge in [0.25, 0.3) is 5.91 Å². The van der Waals surface area contributed by atoms with Crippen molar-refractivity contribution >= 4 is 34.8 Å². The fraction of sp³-hybridized carbons (Fsp3) is 0.235. The topological polar surface area (TPSA) is 20.3 Å². The highest BCUT2D eigenvalue weighted by atomic mass is 35.5. The fourth-order valence-electron chi connectivity index (χ4n) is 2.18. The lowest BCUT2D eigenvalue weighted by Gasteiger charge is -2.23. The van der Waals surface area contributed by atoms with Crippen LogP contribution < -0.4 is 4.90 Å². The third-order valence-electron chi connectivity index (χ3n) is 3.17. The van der Waals surface area contributed by atoms with Gasteiger partial charge in [-0.2, -0.15) is 0 Å². The van der Waals surface area contributed by atoms with Crippen LogP contribution >= 0.6 is 23.2 Å². The number of benzene rings is 2. The molecule has 0 bridgehead atoms. The Kier molecular flexibility index (Phi) is 5.27. The number of anilines is 1. The van der Waals surface area contributed by atoms with Gasteiger partial charge in [0.05, 0.1) is 10.6 Å². The summed E-state index contributed by atoms with van der Waals surface area (Å²) in [6, 6.07) is 12.8. The minimum absolute atomic E-state index is 0.107. The zero-order chi connectivity index (χ0) is 15.4. The Morgan fingerprint density at radius 1 is 1.14 bits per heavy atom. The number of aryl methyl sites for hydroxylation is 1. The Morgan fingerprint density at radius 3 is 2.52 bits per heavy atom. The number of nitrogens with zero attached hydrogens (tertiary/aromatic N) is 1. The summed E-state index contributed by atoms with van der Waals surface area (Å²) in [7, 11) is 0. The van der Waals surface area contributed by atoms with Gasteiger partial charge in [-0.05, 0) is 49.2 Å². The van der Waals surface area contributed by atoms with E-state index in [0.717, 1.165) is 17.7 Å². The van der Waals surface area contributed by atoms with Crippen molar-refractivity contribution < 1.29 is 4.79 Å². The molecule has 2 aromatic rings. The zero-order valence-electron chi connectivity index (χ0n) is 12.1. The molecule has 0 aromatic heterocycles. The first-order chi connectivity index (χ1) is 10.0. The van der Waals surface area contributed by atoms with E-state index >= 15 is 0 Å². The monoisotopic (exact) mass is 321 g/mol. The highest BCUT2D eigenvalue weighted by Gasteiger charge is 2.19. The average molecular weight is 322 g/mol. The Bertz CT molecular complexity index is 655. The van der Waals surface area contributed by atoms with Gasteiger partial charge in [-0.25, -0.2) is 0 Å². The Balaban J connectivity index is 2.40. The molecule has 4 heteroatoms. The summed E-state index contributed by atoms with van der Waals surface area (Å²) < 4.78 is 0. The van der Waals surface area contributed by atoms with Gasteiger partial charge in [-0.3, -0.25) is 4.79 Å². The summed E-state index contributed by atoms with van der Waals surface area (Å²) in [5.74, 6) is -0.107. The lowest BCUT2D eigenvalue weighted by atomic mass is 10.1. The number of halogens is 2. The second-order valence-corrected chi connectivity index (χ2v) is 5.76. The first-order valence-electron chi connectivity index (χ1n) is 6.86. The second kappa shape index (κ2) is 6.97. The molecule has 0 spiro atoms. The lowest BCUT2D eigenvalue weighted by Crippen LogP contribution is -2.31. The number of hydrogen-bond donors (Lipinski definition) is 0. The van der Waals surface area contributed by atoms with Gasteiger partial charge in [-0.15, -0.1) is 0 Å². The third-order valence-corrected chi connectivity index (χ3v) is 3.72. The molecule has 0 aliphatic rings. The van der Waals surface area contributed by atoms with Gasteiger partial charge in [0, 0.05) is 17.3 Å². The molecule has 0 saturated carbocycles. The summed E-state index contributed by atoms with van der Waals surface area (Å²) in [6.07, 6.45) is 0.866. The average Bonchev–Trinajstić information content (AvgIpc) is 2.44. The van der Waals surface area contributed by atoms with Crippen LogP contribution in [-0.4, -0.2) is 12.5 Å². The largest absolute Gasteiger partial charge is 0.308 e. The van der Waals surface area contributed by atoms with Crippen LogP contribution in [0.3, 0.4) is 0 Å². The van der Waals surface area contributed by atoms with Crippen LogP contribution in [0.5, 0.6) is 0 Å². The molecule has 0 unspecified atom stereocenters. The minimum atomic E-state index is -0.107. The number of carbonyl (C=O) groups excluding carboxylic acids is 1. The Hall–Kier alpha value is -1.51. The maximum absolute atomic E-state index is 12.8. The summed E-state index contributed by atoms with van der Waals surface area (Å²) in [6.45, 7) is 4.69. The zero-order valence-corrected chi connectivity index (χ0v) is 13.6. The highest BCUT2D eigenvalue weighted by Crippen LogP contribution is 2.25. The fourth-order valence-corrected chi connectivity index (χ4v) is 2.67. The van der Waals surface area contributed by atoms with Crippen LogP contribution in [-0.2, 0) is 0 Å². The Labute approximate surface area is 135 Å². The first kappa shape index (κ1) is 15.9. The second-order valence-electron chi connectivity index (χ2n) is 4.92. The summed E-state index contributed by atoms with van der Waals surface area (Å²) >= 11 is 12.0. The standard InChI is InChI=1S/C17H17Cl2NO/c1-3-9-20(14-6-4-5-12(2)10-14)17(21)15-8-7-13(18)11-16(15)19/h4-8,10-11H,3,9H2,1-2H3. The smallest absolute Gasteiger partial charge is 0.259 e. The number of rotatable bonds is 4. The molecule has 0 radical (unpaired) electrons. The molecular formula is C17H17Cl2NO. The van der Waals surface area contributed by atoms with Crippen molar-refractivity contribution in [2.24, 2.45) is 0 Å².